The van der Waals surface area contributed by atoms with E-state index in [0.717, 1.165) is 68.8 Å². The van der Waals surface area contributed by atoms with Crippen molar-refractivity contribution in [2.24, 2.45) is 5.92 Å². The Morgan fingerprint density at radius 1 is 1.07 bits per heavy atom. The first-order valence-electron chi connectivity index (χ1n) is 16.0. The molecule has 1 atom stereocenters. The number of anilines is 2. The number of hydrogen-bond acceptors (Lipinski definition) is 12. The van der Waals surface area contributed by atoms with Gasteiger partial charge in [0.25, 0.3) is 5.88 Å². The summed E-state index contributed by atoms with van der Waals surface area (Å²) in [6.45, 7) is 7.64. The number of rotatable bonds is 12. The smallest absolute Gasteiger partial charge is 0.257 e. The van der Waals surface area contributed by atoms with E-state index in [9.17, 15) is 0 Å². The normalized spacial score (nSPS) is 19.3. The largest absolute Gasteiger partial charge is 0.487 e. The third-order valence-corrected chi connectivity index (χ3v) is 9.16. The minimum atomic E-state index is -0.206. The van der Waals surface area contributed by atoms with Crippen LogP contribution >= 0.6 is 11.6 Å². The third-order valence-electron chi connectivity index (χ3n) is 8.85. The standard InChI is InChI=1S/C31H39ClN10O4/c1-22(16-41-21-35-38-39-41)46-28-13-24(5-6-26(28)32)25-14-33-30(34-15-25)36-27-17-42(37-29(27)45-20-23-18-44-19-23)31(7-3-2-4-8-31)40-9-11-43-12-10-40/h5-6,13-15,17,21-23H,2-4,7-12,16,18-20H2,1H3,(H,33,34,36). The quantitative estimate of drug-likeness (QED) is 0.235. The fourth-order valence-electron chi connectivity index (χ4n) is 6.35. The highest BCUT2D eigenvalue weighted by molar-refractivity contribution is 6.32. The second kappa shape index (κ2) is 13.9. The number of hydrogen-bond donors (Lipinski definition) is 1. The molecule has 7 rings (SSSR count). The molecule has 15 heteroatoms. The van der Waals surface area contributed by atoms with E-state index in [1.807, 2.05) is 25.1 Å². The number of benzene rings is 1. The molecule has 0 bridgehead atoms. The van der Waals surface area contributed by atoms with E-state index in [1.165, 1.54) is 6.42 Å². The predicted molar refractivity (Wildman–Crippen MR) is 169 cm³/mol. The van der Waals surface area contributed by atoms with Crippen LogP contribution in [0.1, 0.15) is 39.0 Å². The van der Waals surface area contributed by atoms with Crippen molar-refractivity contribution in [3.05, 3.63) is 48.1 Å². The summed E-state index contributed by atoms with van der Waals surface area (Å²) in [5.74, 6) is 1.93. The van der Waals surface area contributed by atoms with Crippen LogP contribution in [0.15, 0.2) is 43.1 Å². The van der Waals surface area contributed by atoms with Crippen molar-refractivity contribution < 1.29 is 18.9 Å². The highest BCUT2D eigenvalue weighted by Crippen LogP contribution is 2.41. The molecule has 244 valence electrons. The van der Waals surface area contributed by atoms with Gasteiger partial charge in [-0.05, 0) is 60.7 Å². The fraction of sp³-hybridized carbons (Fsp3) is 0.548. The van der Waals surface area contributed by atoms with E-state index in [0.29, 0.717) is 54.9 Å². The van der Waals surface area contributed by atoms with E-state index in [1.54, 1.807) is 23.4 Å². The predicted octanol–water partition coefficient (Wildman–Crippen LogP) is 4.17. The molecule has 46 heavy (non-hydrogen) atoms. The topological polar surface area (TPSA) is 139 Å². The van der Waals surface area contributed by atoms with Gasteiger partial charge >= 0.3 is 0 Å². The summed E-state index contributed by atoms with van der Waals surface area (Å²) in [7, 11) is 0. The number of tetrazole rings is 1. The molecule has 0 amide bonds. The Hall–Kier alpha value is -3.85. The van der Waals surface area contributed by atoms with Crippen LogP contribution in [0.2, 0.25) is 5.02 Å². The average Bonchev–Trinajstić information content (AvgIpc) is 3.73. The van der Waals surface area contributed by atoms with Gasteiger partial charge in [-0.25, -0.2) is 19.3 Å². The van der Waals surface area contributed by atoms with Crippen LogP contribution in [0.5, 0.6) is 11.6 Å². The fourth-order valence-corrected chi connectivity index (χ4v) is 6.51. The van der Waals surface area contributed by atoms with E-state index < -0.39 is 0 Å². The second-order valence-corrected chi connectivity index (χ2v) is 12.6. The van der Waals surface area contributed by atoms with Gasteiger partial charge < -0.3 is 24.3 Å². The van der Waals surface area contributed by atoms with Gasteiger partial charge in [-0.1, -0.05) is 24.1 Å². The number of nitrogens with zero attached hydrogens (tertiary/aromatic N) is 9. The zero-order valence-corrected chi connectivity index (χ0v) is 26.7. The zero-order valence-electron chi connectivity index (χ0n) is 25.9. The van der Waals surface area contributed by atoms with Gasteiger partial charge in [-0.2, -0.15) is 0 Å². The molecule has 0 spiro atoms. The van der Waals surface area contributed by atoms with Crippen LogP contribution in [0.3, 0.4) is 0 Å². The average molecular weight is 651 g/mol. The molecule has 0 radical (unpaired) electrons. The SMILES string of the molecule is CC(Cn1cnnn1)Oc1cc(-c2cnc(Nc3cn(C4(N5CCOCC5)CCCCC4)nc3OCC3COC3)nc2)ccc1Cl. The molecular weight excluding hydrogens is 612 g/mol. The van der Waals surface area contributed by atoms with Gasteiger partial charge in [0.1, 0.15) is 29.5 Å². The van der Waals surface area contributed by atoms with Gasteiger partial charge in [0.15, 0.2) is 0 Å². The van der Waals surface area contributed by atoms with Crippen LogP contribution in [0.25, 0.3) is 11.1 Å². The first-order chi connectivity index (χ1) is 22.6. The van der Waals surface area contributed by atoms with Crippen LogP contribution in [0.4, 0.5) is 11.6 Å². The maximum absolute atomic E-state index is 6.47. The highest BCUT2D eigenvalue weighted by Gasteiger charge is 2.42. The maximum atomic E-state index is 6.47. The Morgan fingerprint density at radius 2 is 1.87 bits per heavy atom. The number of morpholine rings is 1. The number of ether oxygens (including phenoxy) is 4. The molecule has 5 heterocycles. The number of nitrogens with one attached hydrogen (secondary N) is 1. The summed E-state index contributed by atoms with van der Waals surface area (Å²) in [5.41, 5.74) is 2.24. The summed E-state index contributed by atoms with van der Waals surface area (Å²) < 4.78 is 27.2. The number of halogens is 1. The molecule has 1 N–H and O–H groups in total. The second-order valence-electron chi connectivity index (χ2n) is 12.2. The Bertz CT molecular complexity index is 1570. The lowest BCUT2D eigenvalue weighted by atomic mass is 9.87. The van der Waals surface area contributed by atoms with Crippen molar-refractivity contribution >= 4 is 23.2 Å². The summed E-state index contributed by atoms with van der Waals surface area (Å²) in [5, 5.41) is 20.2. The first-order valence-corrected chi connectivity index (χ1v) is 16.3. The lowest BCUT2D eigenvalue weighted by Crippen LogP contribution is -2.56. The summed E-state index contributed by atoms with van der Waals surface area (Å²) in [4.78, 5) is 11.8. The van der Waals surface area contributed by atoms with Crippen LogP contribution in [0, 0.1) is 5.92 Å². The van der Waals surface area contributed by atoms with Gasteiger partial charge in [0.2, 0.25) is 5.95 Å². The van der Waals surface area contributed by atoms with Crippen molar-refractivity contribution in [1.82, 2.24) is 44.9 Å². The lowest BCUT2D eigenvalue weighted by Gasteiger charge is -2.47. The van der Waals surface area contributed by atoms with Gasteiger partial charge in [-0.3, -0.25) is 4.90 Å². The molecule has 1 unspecified atom stereocenters. The first kappa shape index (κ1) is 30.8. The molecule has 1 aliphatic carbocycles. The Kier molecular flexibility index (Phi) is 9.28. The summed E-state index contributed by atoms with van der Waals surface area (Å²) >= 11 is 6.47. The maximum Gasteiger partial charge on any atom is 0.257 e. The molecule has 4 aromatic rings. The van der Waals surface area contributed by atoms with Crippen molar-refractivity contribution in [3.8, 4) is 22.8 Å². The Labute approximate surface area is 272 Å². The van der Waals surface area contributed by atoms with E-state index in [2.05, 4.69) is 46.6 Å². The van der Waals surface area contributed by atoms with E-state index >= 15 is 0 Å². The van der Waals surface area contributed by atoms with Crippen LogP contribution < -0.4 is 14.8 Å². The van der Waals surface area contributed by atoms with Gasteiger partial charge in [0.05, 0.1) is 50.8 Å². The van der Waals surface area contributed by atoms with Gasteiger partial charge in [0, 0.05) is 37.0 Å². The van der Waals surface area contributed by atoms with Crippen molar-refractivity contribution in [2.45, 2.75) is 57.3 Å². The van der Waals surface area contributed by atoms with Crippen LogP contribution in [-0.4, -0.2) is 97.1 Å². The van der Waals surface area contributed by atoms with Crippen molar-refractivity contribution in [3.63, 3.8) is 0 Å². The highest BCUT2D eigenvalue weighted by atomic mass is 35.5. The molecule has 3 aliphatic rings. The minimum absolute atomic E-state index is 0.204. The number of aromatic nitrogens is 8. The molecule has 2 saturated heterocycles. The Balaban J connectivity index is 1.10. The lowest BCUT2D eigenvalue weighted by molar-refractivity contribution is -0.0841. The minimum Gasteiger partial charge on any atom is -0.487 e. The molecule has 3 aromatic heterocycles. The van der Waals surface area contributed by atoms with Crippen molar-refractivity contribution in [1.29, 1.82) is 0 Å². The third kappa shape index (κ3) is 6.80. The summed E-state index contributed by atoms with van der Waals surface area (Å²) in [6, 6.07) is 5.62. The molecule has 1 aromatic carbocycles. The molecule has 3 fully saturated rings. The monoisotopic (exact) mass is 650 g/mol. The zero-order chi connectivity index (χ0) is 31.3. The molecule has 1 saturated carbocycles. The van der Waals surface area contributed by atoms with Gasteiger partial charge in [-0.15, -0.1) is 10.2 Å². The summed E-state index contributed by atoms with van der Waals surface area (Å²) in [6.07, 6.45) is 12.6. The van der Waals surface area contributed by atoms with E-state index in [-0.39, 0.29) is 11.8 Å². The van der Waals surface area contributed by atoms with Crippen molar-refractivity contribution in [2.75, 3.05) is 51.4 Å². The molecule has 2 aliphatic heterocycles. The van der Waals surface area contributed by atoms with E-state index in [4.69, 9.17) is 35.6 Å². The molecular formula is C31H39ClN10O4. The molecule has 14 nitrogen and oxygen atoms in total. The Morgan fingerprint density at radius 3 is 2.59 bits per heavy atom. The van der Waals surface area contributed by atoms with Crippen LogP contribution in [-0.2, 0) is 21.7 Å².